The molecule has 1 aliphatic carbocycles. The van der Waals surface area contributed by atoms with E-state index in [1.165, 1.54) is 44.1 Å². The van der Waals surface area contributed by atoms with E-state index in [0.29, 0.717) is 94.8 Å². The second-order valence-corrected chi connectivity index (χ2v) is 18.7. The molecule has 1 amide bonds. The van der Waals surface area contributed by atoms with Crippen LogP contribution < -0.4 is 31.0 Å². The van der Waals surface area contributed by atoms with Crippen LogP contribution in [0.15, 0.2) is 84.0 Å². The number of halogens is 1. The summed E-state index contributed by atoms with van der Waals surface area (Å²) in [5, 5.41) is 9.37. The van der Waals surface area contributed by atoms with Crippen LogP contribution in [-0.4, -0.2) is 112 Å². The average Bonchev–Trinajstić information content (AvgIpc) is 4.23. The second-order valence-electron chi connectivity index (χ2n) is 18.7. The number of anilines is 2. The quantitative estimate of drug-likeness (QED) is 0.0270. The molecule has 0 bridgehead atoms. The second kappa shape index (κ2) is 33.9. The van der Waals surface area contributed by atoms with Gasteiger partial charge in [-0.25, -0.2) is 9.18 Å². The van der Waals surface area contributed by atoms with Crippen LogP contribution in [0.1, 0.15) is 93.4 Å². The number of nitrogens with zero attached hydrogens (tertiary/aromatic N) is 5. The summed E-state index contributed by atoms with van der Waals surface area (Å²) < 4.78 is 43.5. The Labute approximate surface area is 461 Å². The Morgan fingerprint density at radius 1 is 0.851 bits per heavy atom. The first kappa shape index (κ1) is 61.6. The van der Waals surface area contributed by atoms with E-state index in [0.717, 1.165) is 47.3 Å². The molecule has 0 unspecified atom stereocenters. The number of alkyl carbamates (subject to hydrolysis) is 1. The summed E-state index contributed by atoms with van der Waals surface area (Å²) in [6.45, 7) is 16.6. The van der Waals surface area contributed by atoms with Crippen molar-refractivity contribution in [1.82, 2.24) is 25.2 Å². The fraction of sp³-hybridized carbons (Fsp3) is 0.509. The Bertz CT molecular complexity index is 2470. The Hall–Kier alpha value is -4.92. The van der Waals surface area contributed by atoms with Gasteiger partial charge in [0.15, 0.2) is 17.0 Å². The van der Waals surface area contributed by atoms with Crippen molar-refractivity contribution in [2.45, 2.75) is 104 Å². The van der Waals surface area contributed by atoms with E-state index in [1.54, 1.807) is 12.3 Å². The fourth-order valence-electron chi connectivity index (χ4n) is 7.51. The number of aryl methyl sites for hydroxylation is 2. The number of hydrogen-bond acceptors (Lipinski definition) is 14. The van der Waals surface area contributed by atoms with Crippen LogP contribution in [0.4, 0.5) is 20.6 Å². The first-order valence-corrected chi connectivity index (χ1v) is 25.3. The first-order chi connectivity index (χ1) is 35.3. The molecule has 74 heavy (non-hydrogen) atoms. The molecule has 2 aromatic carbocycles. The Morgan fingerprint density at radius 3 is 2.22 bits per heavy atom. The van der Waals surface area contributed by atoms with Crippen molar-refractivity contribution in [2.75, 3.05) is 89.7 Å². The maximum absolute atomic E-state index is 15.0. The maximum Gasteiger partial charge on any atom is 0.407 e. The molecule has 1 saturated carbocycles. The number of benzene rings is 2. The van der Waals surface area contributed by atoms with E-state index < -0.39 is 17.5 Å². The van der Waals surface area contributed by atoms with Crippen molar-refractivity contribution >= 4 is 34.7 Å². The summed E-state index contributed by atoms with van der Waals surface area (Å²) in [5.74, 6) is -0.460. The molecule has 3 N–H and O–H groups in total. The molecular formula is C55H76FN8O9Y-. The van der Waals surface area contributed by atoms with Gasteiger partial charge in [0.05, 0.1) is 70.3 Å². The minimum absolute atomic E-state index is 0. The summed E-state index contributed by atoms with van der Waals surface area (Å²) in [6.07, 6.45) is 12.5. The summed E-state index contributed by atoms with van der Waals surface area (Å²) in [6, 6.07) is 19.3. The molecule has 17 nitrogen and oxygen atoms in total. The molecule has 2 aliphatic rings. The van der Waals surface area contributed by atoms with Gasteiger partial charge >= 0.3 is 6.09 Å². The molecule has 1 aliphatic heterocycles. The van der Waals surface area contributed by atoms with E-state index in [1.807, 2.05) is 90.5 Å². The third kappa shape index (κ3) is 23.3. The Balaban J connectivity index is 0.000000283. The molecule has 1 saturated heterocycles. The number of amides is 1. The topological polar surface area (TPSA) is 191 Å². The Morgan fingerprint density at radius 2 is 1.57 bits per heavy atom. The van der Waals surface area contributed by atoms with E-state index in [2.05, 4.69) is 53.0 Å². The van der Waals surface area contributed by atoms with E-state index in [4.69, 9.17) is 28.5 Å². The number of piperidine rings is 1. The third-order valence-electron chi connectivity index (χ3n) is 11.4. The SMILES string of the molecule is CC(C)(C)OC(=O)NCCOCCOCCOCCC=O.CNc1ccc(CO[N-]CCOc2cc3c(cc2F)c(=O)c(CNCc2ccnc(C)c2)cn3C2CC2)cc1.Cc1ccc(N2CCCCC2)cn1.[Y]. The number of aromatic nitrogens is 3. The molecule has 401 valence electrons. The minimum atomic E-state index is -0.565. The van der Waals surface area contributed by atoms with Gasteiger partial charge in [-0.15, -0.1) is 0 Å². The van der Waals surface area contributed by atoms with Crippen molar-refractivity contribution in [3.63, 3.8) is 0 Å². The smallest absolute Gasteiger partial charge is 0.407 e. The third-order valence-corrected chi connectivity index (χ3v) is 11.4. The molecular weight excluding hydrogens is 1020 g/mol. The van der Waals surface area contributed by atoms with Gasteiger partial charge in [0.1, 0.15) is 11.9 Å². The van der Waals surface area contributed by atoms with Crippen molar-refractivity contribution in [3.05, 3.63) is 129 Å². The first-order valence-electron chi connectivity index (χ1n) is 25.3. The molecule has 7 rings (SSSR count). The molecule has 3 aromatic heterocycles. The number of pyridine rings is 3. The van der Waals surface area contributed by atoms with Gasteiger partial charge in [0, 0.05) is 131 Å². The van der Waals surface area contributed by atoms with Gasteiger partial charge in [0.2, 0.25) is 0 Å². The molecule has 19 heteroatoms. The van der Waals surface area contributed by atoms with Crippen LogP contribution >= 0.6 is 0 Å². The normalized spacial score (nSPS) is 13.1. The monoisotopic (exact) mass is 1100 g/mol. The molecule has 2 fully saturated rings. The number of fused-ring (bicyclic) bond motifs is 1. The van der Waals surface area contributed by atoms with Crippen molar-refractivity contribution < 1.29 is 75.2 Å². The van der Waals surface area contributed by atoms with Gasteiger partial charge in [-0.1, -0.05) is 18.7 Å². The summed E-state index contributed by atoms with van der Waals surface area (Å²) in [7, 11) is 1.87. The molecule has 0 spiro atoms. The fourth-order valence-corrected chi connectivity index (χ4v) is 7.51. The van der Waals surface area contributed by atoms with Crippen LogP contribution in [-0.2, 0) is 81.0 Å². The average molecular weight is 1100 g/mol. The van der Waals surface area contributed by atoms with Crippen LogP contribution in [0.5, 0.6) is 5.75 Å². The number of carbonyl (C=O) groups excluding carboxylic acids is 2. The largest absolute Gasteiger partial charge is 0.531 e. The molecule has 4 heterocycles. The van der Waals surface area contributed by atoms with Crippen LogP contribution in [0, 0.1) is 19.7 Å². The number of hydrogen-bond donors (Lipinski definition) is 3. The number of aldehydes is 1. The predicted octanol–water partition coefficient (Wildman–Crippen LogP) is 8.92. The van der Waals surface area contributed by atoms with Gasteiger partial charge < -0.3 is 64.2 Å². The number of hydroxylamine groups is 1. The molecule has 0 atom stereocenters. The Kier molecular flexibility index (Phi) is 28.2. The molecule has 1 radical (unpaired) electrons. The number of rotatable bonds is 26. The number of carbonyl (C=O) groups is 2. The van der Waals surface area contributed by atoms with Gasteiger partial charge in [0.25, 0.3) is 0 Å². The molecule has 5 aromatic rings. The van der Waals surface area contributed by atoms with Gasteiger partial charge in [-0.2, -0.15) is 0 Å². The van der Waals surface area contributed by atoms with Crippen LogP contribution in [0.3, 0.4) is 0 Å². The summed E-state index contributed by atoms with van der Waals surface area (Å²) >= 11 is 0. The van der Waals surface area contributed by atoms with Crippen LogP contribution in [0.2, 0.25) is 0 Å². The van der Waals surface area contributed by atoms with E-state index >= 15 is 0 Å². The zero-order chi connectivity index (χ0) is 52.3. The van der Waals surface area contributed by atoms with E-state index in [9.17, 15) is 18.8 Å². The summed E-state index contributed by atoms with van der Waals surface area (Å²) in [5.41, 5.74) is 11.1. The number of ether oxygens (including phenoxy) is 5. The zero-order valence-corrected chi connectivity index (χ0v) is 47.0. The van der Waals surface area contributed by atoms with E-state index in [-0.39, 0.29) is 57.0 Å². The van der Waals surface area contributed by atoms with Crippen molar-refractivity contribution in [3.8, 4) is 5.75 Å². The number of nitrogens with one attached hydrogen (secondary N) is 3. The van der Waals surface area contributed by atoms with Gasteiger partial charge in [-0.3, -0.25) is 14.8 Å². The van der Waals surface area contributed by atoms with Crippen molar-refractivity contribution in [2.24, 2.45) is 0 Å². The standard InChI is InChI=1S/C30H33FN5O3.C14H27NO6.C11H16N2.Y/c1-20-13-22(9-10-34-20)16-33-17-23-18-36(25-7-8-25)28-15-29(27(31)14-26(28)30(23)37)38-12-11-35-39-19-21-3-5-24(32-2)6-4-21;1-14(2,3)21-13(17)15-5-8-19-10-12-20-11-9-18-7-4-6-16;1-10-5-6-11(9-12-10)13-7-3-2-4-8-13;/h3-6,9-10,13-15,18,25,32-33H,7-8,11-12,16-17,19H2,1-2H3;6H,4-5,7-12H2,1-3H3,(H,15,17);5-6,9H,2-4,7-8H2,1H3;/q-1;;;. The summed E-state index contributed by atoms with van der Waals surface area (Å²) in [4.78, 5) is 50.9. The van der Waals surface area contributed by atoms with Crippen molar-refractivity contribution in [1.29, 1.82) is 0 Å². The minimum Gasteiger partial charge on any atom is -0.531 e. The maximum atomic E-state index is 15.0. The van der Waals surface area contributed by atoms with Gasteiger partial charge in [-0.05, 0) is 120 Å². The zero-order valence-electron chi connectivity index (χ0n) is 44.2. The van der Waals surface area contributed by atoms with Crippen LogP contribution in [0.25, 0.3) is 16.4 Å². The predicted molar refractivity (Wildman–Crippen MR) is 283 cm³/mol.